The number of rotatable bonds is 20. The zero-order valence-corrected chi connectivity index (χ0v) is 40.5. The zero-order valence-electron chi connectivity index (χ0n) is 39.7. The molecule has 4 aromatic rings. The molecular weight excluding hydrogens is 852 g/mol. The van der Waals surface area contributed by atoms with Crippen molar-refractivity contribution < 1.29 is 56.3 Å². The molecule has 0 aliphatic heterocycles. The van der Waals surface area contributed by atoms with E-state index in [-0.39, 0.29) is 46.0 Å². The van der Waals surface area contributed by atoms with Crippen LogP contribution in [0.2, 0.25) is 0 Å². The molecule has 358 valence electrons. The molecule has 0 heterocycles. The van der Waals surface area contributed by atoms with E-state index in [1.54, 1.807) is 71.0 Å². The zero-order chi connectivity index (χ0) is 48.8. The molecule has 13 heteroatoms. The number of hydrogen-bond acceptors (Lipinski definition) is 8. The van der Waals surface area contributed by atoms with E-state index in [0.29, 0.717) is 79.3 Å². The van der Waals surface area contributed by atoms with Crippen molar-refractivity contribution in [1.29, 1.82) is 0 Å². The number of phenolic OH excluding ortho intramolecular Hbond substituents is 1. The minimum absolute atomic E-state index is 0.00583. The van der Waals surface area contributed by atoms with Crippen molar-refractivity contribution in [3.05, 3.63) is 111 Å². The molecule has 0 bridgehead atoms. The second kappa shape index (κ2) is 33.7. The smallest absolute Gasteiger partial charge is 0.207 e. The van der Waals surface area contributed by atoms with Crippen LogP contribution in [0.3, 0.4) is 0 Å². The number of halogens is 5. The first-order valence-electron chi connectivity index (χ1n) is 22.1. The lowest BCUT2D eigenvalue weighted by Gasteiger charge is -2.15. The molecule has 8 nitrogen and oxygen atoms in total. The molecule has 0 spiro atoms. The fraction of sp³-hybridized carbons (Fsp3) is 0.490. The molecule has 64 heavy (non-hydrogen) atoms. The van der Waals surface area contributed by atoms with Gasteiger partial charge in [-0.3, -0.25) is 9.59 Å². The van der Waals surface area contributed by atoms with Crippen molar-refractivity contribution in [2.75, 3.05) is 32.8 Å². The van der Waals surface area contributed by atoms with E-state index in [1.807, 2.05) is 27.7 Å². The molecule has 0 saturated heterocycles. The molecule has 4 rings (SSSR count). The maximum Gasteiger partial charge on any atom is 0.207 e. The summed E-state index contributed by atoms with van der Waals surface area (Å²) in [7, 11) is 0. The van der Waals surface area contributed by atoms with Crippen molar-refractivity contribution >= 4 is 23.2 Å². The van der Waals surface area contributed by atoms with Crippen LogP contribution in [0, 0.1) is 44.0 Å². The SMILES string of the molecule is CCCCC(=O)c1ccc(OCC)c(F)c1C.CCCCC(=O)c1ccc(OCC)c(F)c1O.CCCCC(O)c1ccc(OCC)c(F)c1C.CCOc1cccc(C)c1F.CCl. The van der Waals surface area contributed by atoms with Crippen molar-refractivity contribution in [3.63, 3.8) is 0 Å². The quantitative estimate of drug-likeness (QED) is 0.0512. The van der Waals surface area contributed by atoms with Crippen LogP contribution in [0.15, 0.2) is 54.6 Å². The number of aromatic hydroxyl groups is 1. The molecule has 0 radical (unpaired) electrons. The number of ether oxygens (including phenoxy) is 4. The van der Waals surface area contributed by atoms with E-state index in [2.05, 4.69) is 18.5 Å². The van der Waals surface area contributed by atoms with Gasteiger partial charge in [0.05, 0.1) is 38.1 Å². The van der Waals surface area contributed by atoms with E-state index in [0.717, 1.165) is 38.5 Å². The average Bonchev–Trinajstić information content (AvgIpc) is 3.29. The Morgan fingerprint density at radius 3 is 1.42 bits per heavy atom. The highest BCUT2D eigenvalue weighted by atomic mass is 35.5. The van der Waals surface area contributed by atoms with Crippen LogP contribution in [0.4, 0.5) is 17.6 Å². The molecule has 1 unspecified atom stereocenters. The summed E-state index contributed by atoms with van der Waals surface area (Å²) in [6, 6.07) is 14.4. The van der Waals surface area contributed by atoms with Crippen molar-refractivity contribution in [2.24, 2.45) is 0 Å². The minimum Gasteiger partial charge on any atom is -0.504 e. The number of benzene rings is 4. The Hall–Kier alpha value is -4.81. The third kappa shape index (κ3) is 19.5. The normalized spacial score (nSPS) is 10.6. The highest BCUT2D eigenvalue weighted by Crippen LogP contribution is 2.32. The highest BCUT2D eigenvalue weighted by Gasteiger charge is 2.19. The highest BCUT2D eigenvalue weighted by molar-refractivity contribution is 6.15. The molecule has 0 aliphatic rings. The number of carbonyl (C=O) groups excluding carboxylic acids is 2. The Balaban J connectivity index is 0.000000825. The van der Waals surface area contributed by atoms with Crippen molar-refractivity contribution in [2.45, 2.75) is 133 Å². The van der Waals surface area contributed by atoms with E-state index >= 15 is 0 Å². The molecule has 0 aliphatic carbocycles. The third-order valence-corrected chi connectivity index (χ3v) is 9.49. The van der Waals surface area contributed by atoms with E-state index in [9.17, 15) is 37.4 Å². The molecule has 4 aromatic carbocycles. The van der Waals surface area contributed by atoms with Gasteiger partial charge in [-0.25, -0.2) is 13.2 Å². The Bertz CT molecular complexity index is 1900. The number of aliphatic hydroxyl groups excluding tert-OH is 1. The summed E-state index contributed by atoms with van der Waals surface area (Å²) in [5, 5.41) is 19.6. The summed E-state index contributed by atoms with van der Waals surface area (Å²) >= 11 is 4.64. The topological polar surface area (TPSA) is 112 Å². The maximum absolute atomic E-state index is 13.9. The van der Waals surface area contributed by atoms with Gasteiger partial charge in [-0.1, -0.05) is 64.7 Å². The summed E-state index contributed by atoms with van der Waals surface area (Å²) in [5.74, 6) is -1.97. The van der Waals surface area contributed by atoms with E-state index in [1.165, 1.54) is 24.6 Å². The third-order valence-electron chi connectivity index (χ3n) is 9.49. The van der Waals surface area contributed by atoms with Gasteiger partial charge in [0.2, 0.25) is 5.82 Å². The van der Waals surface area contributed by atoms with Gasteiger partial charge in [0.25, 0.3) is 0 Å². The lowest BCUT2D eigenvalue weighted by molar-refractivity contribution is 0.0969. The van der Waals surface area contributed by atoms with Gasteiger partial charge < -0.3 is 29.2 Å². The van der Waals surface area contributed by atoms with Crippen LogP contribution >= 0.6 is 11.6 Å². The molecule has 0 fully saturated rings. The van der Waals surface area contributed by atoms with Gasteiger partial charge in [0, 0.05) is 24.8 Å². The Kier molecular flexibility index (Phi) is 31.1. The van der Waals surface area contributed by atoms with Crippen LogP contribution in [-0.4, -0.2) is 54.6 Å². The predicted molar refractivity (Wildman–Crippen MR) is 250 cm³/mol. The molecule has 0 aromatic heterocycles. The molecule has 0 amide bonds. The number of unbranched alkanes of at least 4 members (excludes halogenated alkanes) is 3. The molecule has 1 atom stereocenters. The van der Waals surface area contributed by atoms with Crippen molar-refractivity contribution in [3.8, 4) is 28.7 Å². The van der Waals surface area contributed by atoms with Gasteiger partial charge in [-0.2, -0.15) is 4.39 Å². The summed E-state index contributed by atoms with van der Waals surface area (Å²) in [5.41, 5.74) is 2.66. The first-order chi connectivity index (χ1) is 30.6. The summed E-state index contributed by atoms with van der Waals surface area (Å²) in [6.45, 7) is 19.9. The van der Waals surface area contributed by atoms with Crippen molar-refractivity contribution in [1.82, 2.24) is 0 Å². The number of aryl methyl sites for hydroxylation is 1. The number of Topliss-reactive ketones (excluding diaryl/α,β-unsaturated/α-hetero) is 2. The fourth-order valence-electron chi connectivity index (χ4n) is 5.95. The standard InChI is InChI=1S/C14H21FO2.C14H19FO2.C13H17FO3.C9H11FO.CH3Cl/c2*1-4-6-7-12(16)11-8-9-13(17-5-2)14(15)10(11)3;1-3-5-6-10(15)9-7-8-11(17-4-2)12(14)13(9)16;1-3-11-8-6-4-5-7(2)9(8)10;1-2/h8-9,12,16H,4-7H2,1-3H3;8-9H,4-7H2,1-3H3;7-8,16H,3-6H2,1-2H3;4-6H,3H2,1-2H3;1H3. The number of carbonyl (C=O) groups is 2. The number of ketones is 2. The Morgan fingerprint density at radius 1 is 0.547 bits per heavy atom. The minimum atomic E-state index is -0.866. The maximum atomic E-state index is 13.9. The van der Waals surface area contributed by atoms with Gasteiger partial charge in [-0.05, 0) is 126 Å². The average molecular weight is 924 g/mol. The van der Waals surface area contributed by atoms with Gasteiger partial charge in [0.1, 0.15) is 0 Å². The summed E-state index contributed by atoms with van der Waals surface area (Å²) < 4.78 is 74.8. The first-order valence-corrected chi connectivity index (χ1v) is 22.8. The summed E-state index contributed by atoms with van der Waals surface area (Å²) in [4.78, 5) is 23.5. The van der Waals surface area contributed by atoms with E-state index in [4.69, 9.17) is 18.9 Å². The van der Waals surface area contributed by atoms with Gasteiger partial charge in [0.15, 0.2) is 57.8 Å². The monoisotopic (exact) mass is 922 g/mol. The van der Waals surface area contributed by atoms with Crippen LogP contribution < -0.4 is 18.9 Å². The number of aliphatic hydroxyl groups is 1. The van der Waals surface area contributed by atoms with Gasteiger partial charge in [-0.15, -0.1) is 11.6 Å². The fourth-order valence-corrected chi connectivity index (χ4v) is 5.95. The van der Waals surface area contributed by atoms with E-state index < -0.39 is 23.5 Å². The van der Waals surface area contributed by atoms with Crippen LogP contribution in [-0.2, 0) is 0 Å². The van der Waals surface area contributed by atoms with Gasteiger partial charge >= 0.3 is 0 Å². The summed E-state index contributed by atoms with van der Waals surface area (Å²) in [6.07, 6.45) is 7.73. The predicted octanol–water partition coefficient (Wildman–Crippen LogP) is 14.4. The molecule has 2 N–H and O–H groups in total. The van der Waals surface area contributed by atoms with Crippen LogP contribution in [0.25, 0.3) is 0 Å². The molecule has 0 saturated carbocycles. The molecular formula is C51H71ClF4O8. The second-order valence-electron chi connectivity index (χ2n) is 14.2. The van der Waals surface area contributed by atoms with Crippen LogP contribution in [0.5, 0.6) is 28.7 Å². The largest absolute Gasteiger partial charge is 0.504 e. The second-order valence-corrected chi connectivity index (χ2v) is 14.2. The number of hydrogen-bond donors (Lipinski definition) is 2. The lowest BCUT2D eigenvalue weighted by Crippen LogP contribution is -2.05. The number of phenols is 1. The first kappa shape index (κ1) is 59.2. The lowest BCUT2D eigenvalue weighted by atomic mass is 9.98. The Morgan fingerprint density at radius 2 is 0.953 bits per heavy atom. The Labute approximate surface area is 384 Å². The number of alkyl halides is 1. The van der Waals surface area contributed by atoms with Crippen LogP contribution in [0.1, 0.15) is 155 Å².